The van der Waals surface area contributed by atoms with E-state index in [-0.39, 0.29) is 23.0 Å². The van der Waals surface area contributed by atoms with Gasteiger partial charge < -0.3 is 15.0 Å². The lowest BCUT2D eigenvalue weighted by Gasteiger charge is -2.31. The van der Waals surface area contributed by atoms with E-state index in [4.69, 9.17) is 17.0 Å². The van der Waals surface area contributed by atoms with E-state index in [0.717, 1.165) is 25.9 Å². The van der Waals surface area contributed by atoms with Gasteiger partial charge in [0.1, 0.15) is 5.75 Å². The number of rotatable bonds is 5. The molecule has 0 spiro atoms. The number of para-hydroxylation sites is 2. The second-order valence-electron chi connectivity index (χ2n) is 8.09. The smallest absolute Gasteiger partial charge is 0.261 e. The molecule has 0 radical (unpaired) electrons. The second-order valence-corrected chi connectivity index (χ2v) is 8.50. The molecule has 6 nitrogen and oxygen atoms in total. The summed E-state index contributed by atoms with van der Waals surface area (Å²) in [6, 6.07) is 14.2. The number of thiocarbonyl (C=S) groups is 1. The van der Waals surface area contributed by atoms with Crippen molar-refractivity contribution >= 4 is 34.8 Å². The topological polar surface area (TPSA) is 70.7 Å². The maximum Gasteiger partial charge on any atom is 0.261 e. The summed E-state index contributed by atoms with van der Waals surface area (Å²) in [6.07, 6.45) is 1.95. The average molecular weight is 440 g/mol. The summed E-state index contributed by atoms with van der Waals surface area (Å²) < 4.78 is 5.72. The molecule has 0 saturated carbocycles. The van der Waals surface area contributed by atoms with Crippen molar-refractivity contribution in [2.75, 3.05) is 18.4 Å². The van der Waals surface area contributed by atoms with E-state index in [1.807, 2.05) is 36.9 Å². The van der Waals surface area contributed by atoms with E-state index in [1.165, 1.54) is 0 Å². The van der Waals surface area contributed by atoms with Gasteiger partial charge in [-0.3, -0.25) is 14.9 Å². The maximum atomic E-state index is 13.0. The van der Waals surface area contributed by atoms with Gasteiger partial charge in [0.05, 0.1) is 22.9 Å². The number of carbonyl (C=O) groups excluding carboxylic acids is 2. The van der Waals surface area contributed by atoms with Gasteiger partial charge in [-0.15, -0.1) is 0 Å². The van der Waals surface area contributed by atoms with E-state index in [0.29, 0.717) is 28.5 Å². The third kappa shape index (κ3) is 6.04. The summed E-state index contributed by atoms with van der Waals surface area (Å²) in [4.78, 5) is 27.7. The monoisotopic (exact) mass is 439 g/mol. The van der Waals surface area contributed by atoms with Gasteiger partial charge in [0.2, 0.25) is 0 Å². The first-order chi connectivity index (χ1) is 14.8. The Morgan fingerprint density at radius 3 is 2.32 bits per heavy atom. The minimum atomic E-state index is -0.373. The molecular formula is C24H29N3O3S. The summed E-state index contributed by atoms with van der Waals surface area (Å²) in [7, 11) is 0. The van der Waals surface area contributed by atoms with Gasteiger partial charge in [-0.1, -0.05) is 31.2 Å². The zero-order valence-corrected chi connectivity index (χ0v) is 19.0. The van der Waals surface area contributed by atoms with Crippen LogP contribution in [0.3, 0.4) is 0 Å². The Balaban J connectivity index is 1.69. The van der Waals surface area contributed by atoms with Crippen LogP contribution in [0, 0.1) is 5.92 Å². The van der Waals surface area contributed by atoms with Crippen LogP contribution in [0.25, 0.3) is 0 Å². The molecule has 0 aromatic heterocycles. The highest BCUT2D eigenvalue weighted by molar-refractivity contribution is 7.80. The minimum absolute atomic E-state index is 0.0280. The van der Waals surface area contributed by atoms with Crippen molar-refractivity contribution in [3.8, 4) is 5.75 Å². The first-order valence-electron chi connectivity index (χ1n) is 10.6. The fourth-order valence-electron chi connectivity index (χ4n) is 3.50. The van der Waals surface area contributed by atoms with Crippen LogP contribution in [0.4, 0.5) is 5.69 Å². The van der Waals surface area contributed by atoms with Gasteiger partial charge in [-0.05, 0) is 69.1 Å². The lowest BCUT2D eigenvalue weighted by atomic mass is 9.98. The van der Waals surface area contributed by atoms with Crippen LogP contribution in [0.2, 0.25) is 0 Å². The van der Waals surface area contributed by atoms with Crippen LogP contribution in [0.1, 0.15) is 54.3 Å². The van der Waals surface area contributed by atoms with Crippen LogP contribution in [-0.2, 0) is 0 Å². The van der Waals surface area contributed by atoms with Crippen molar-refractivity contribution in [3.05, 3.63) is 59.7 Å². The van der Waals surface area contributed by atoms with Crippen molar-refractivity contribution in [3.63, 3.8) is 0 Å². The Morgan fingerprint density at radius 2 is 1.65 bits per heavy atom. The number of nitrogens with one attached hydrogen (secondary N) is 2. The number of hydrogen-bond acceptors (Lipinski definition) is 4. The van der Waals surface area contributed by atoms with Crippen molar-refractivity contribution in [1.29, 1.82) is 0 Å². The molecule has 0 unspecified atom stereocenters. The normalized spacial score (nSPS) is 14.3. The quantitative estimate of drug-likeness (QED) is 0.673. The zero-order valence-electron chi connectivity index (χ0n) is 18.2. The Labute approximate surface area is 189 Å². The Kier molecular flexibility index (Phi) is 7.63. The summed E-state index contributed by atoms with van der Waals surface area (Å²) in [6.45, 7) is 7.52. The van der Waals surface area contributed by atoms with E-state index in [1.54, 1.807) is 30.3 Å². The van der Waals surface area contributed by atoms with Crippen molar-refractivity contribution < 1.29 is 14.3 Å². The number of piperidine rings is 1. The highest BCUT2D eigenvalue weighted by Crippen LogP contribution is 2.23. The molecular weight excluding hydrogens is 410 g/mol. The molecule has 2 N–H and O–H groups in total. The Bertz CT molecular complexity index is 953. The number of benzene rings is 2. The number of amides is 2. The molecule has 164 valence electrons. The van der Waals surface area contributed by atoms with Crippen LogP contribution < -0.4 is 15.4 Å². The van der Waals surface area contributed by atoms with E-state index in [2.05, 4.69) is 17.6 Å². The largest absolute Gasteiger partial charge is 0.490 e. The number of likely N-dealkylation sites (tertiary alicyclic amines) is 1. The highest BCUT2D eigenvalue weighted by atomic mass is 32.1. The van der Waals surface area contributed by atoms with Gasteiger partial charge >= 0.3 is 0 Å². The van der Waals surface area contributed by atoms with Crippen molar-refractivity contribution in [2.24, 2.45) is 5.92 Å². The predicted molar refractivity (Wildman–Crippen MR) is 127 cm³/mol. The molecule has 0 bridgehead atoms. The second kappa shape index (κ2) is 10.4. The first kappa shape index (κ1) is 22.7. The predicted octanol–water partition coefficient (Wildman–Crippen LogP) is 4.47. The molecule has 0 atom stereocenters. The van der Waals surface area contributed by atoms with Gasteiger partial charge in [-0.25, -0.2) is 0 Å². The van der Waals surface area contributed by atoms with Crippen molar-refractivity contribution in [2.45, 2.75) is 39.7 Å². The average Bonchev–Trinajstić information content (AvgIpc) is 2.74. The summed E-state index contributed by atoms with van der Waals surface area (Å²) in [5, 5.41) is 5.82. The van der Waals surface area contributed by atoms with Crippen molar-refractivity contribution in [1.82, 2.24) is 10.2 Å². The molecule has 1 saturated heterocycles. The van der Waals surface area contributed by atoms with E-state index >= 15 is 0 Å². The number of ether oxygens (including phenoxy) is 1. The van der Waals surface area contributed by atoms with E-state index < -0.39 is 0 Å². The number of carbonyl (C=O) groups is 2. The lowest BCUT2D eigenvalue weighted by Crippen LogP contribution is -2.39. The number of anilines is 1. The van der Waals surface area contributed by atoms with E-state index in [9.17, 15) is 9.59 Å². The van der Waals surface area contributed by atoms with Crippen LogP contribution in [0.5, 0.6) is 5.75 Å². The molecule has 0 aliphatic carbocycles. The fraction of sp³-hybridized carbons (Fsp3) is 0.375. The van der Waals surface area contributed by atoms with Gasteiger partial charge in [0, 0.05) is 13.1 Å². The molecule has 1 aliphatic heterocycles. The molecule has 31 heavy (non-hydrogen) atoms. The summed E-state index contributed by atoms with van der Waals surface area (Å²) in [5.74, 6) is 0.734. The van der Waals surface area contributed by atoms with Crippen LogP contribution in [-0.4, -0.2) is 41.0 Å². The SMILES string of the molecule is CC1CCN(C(=O)c2ccccc2NC(=S)NC(=O)c2ccccc2OC(C)C)CC1. The lowest BCUT2D eigenvalue weighted by molar-refractivity contribution is 0.0698. The highest BCUT2D eigenvalue weighted by Gasteiger charge is 2.23. The van der Waals surface area contributed by atoms with Gasteiger partial charge in [0.15, 0.2) is 5.11 Å². The first-order valence-corrected chi connectivity index (χ1v) is 11.0. The molecule has 2 amide bonds. The standard InChI is InChI=1S/C24H29N3O3S/c1-16(2)30-21-11-7-5-9-19(21)22(28)26-24(31)25-20-10-6-4-8-18(20)23(29)27-14-12-17(3)13-15-27/h4-11,16-17H,12-15H2,1-3H3,(H2,25,26,28,31). The summed E-state index contributed by atoms with van der Waals surface area (Å²) >= 11 is 5.35. The third-order valence-corrected chi connectivity index (χ3v) is 5.40. The third-order valence-electron chi connectivity index (χ3n) is 5.20. The van der Waals surface area contributed by atoms with Gasteiger partial charge in [-0.2, -0.15) is 0 Å². The molecule has 2 aromatic carbocycles. The molecule has 1 aliphatic rings. The molecule has 1 heterocycles. The fourth-order valence-corrected chi connectivity index (χ4v) is 3.70. The van der Waals surface area contributed by atoms with Crippen LogP contribution >= 0.6 is 12.2 Å². The molecule has 7 heteroatoms. The molecule has 2 aromatic rings. The number of nitrogens with zero attached hydrogens (tertiary/aromatic N) is 1. The Hall–Kier alpha value is -2.93. The summed E-state index contributed by atoms with van der Waals surface area (Å²) in [5.41, 5.74) is 1.51. The van der Waals surface area contributed by atoms with Crippen LogP contribution in [0.15, 0.2) is 48.5 Å². The zero-order chi connectivity index (χ0) is 22.4. The maximum absolute atomic E-state index is 13.0. The number of hydrogen-bond donors (Lipinski definition) is 2. The molecule has 1 fully saturated rings. The Morgan fingerprint density at radius 1 is 1.03 bits per heavy atom. The minimum Gasteiger partial charge on any atom is -0.490 e. The van der Waals surface area contributed by atoms with Gasteiger partial charge in [0.25, 0.3) is 11.8 Å². The molecule has 3 rings (SSSR count).